The number of nitrogens with one attached hydrogen (secondary N) is 1. The number of amidine groups is 1. The molecule has 0 saturated carbocycles. The van der Waals surface area contributed by atoms with E-state index in [2.05, 4.69) is 41.5 Å². The molecule has 3 aromatic carbocycles. The molecule has 5 rings (SSSR count). The molecule has 2 atom stereocenters. The third-order valence-electron chi connectivity index (χ3n) is 6.21. The maximum atomic E-state index is 13.1. The minimum Gasteiger partial charge on any atom is -0.326 e. The number of carbonyl (C=O) groups is 2. The summed E-state index contributed by atoms with van der Waals surface area (Å²) in [6.45, 7) is 2.12. The molecule has 182 valence electrons. The van der Waals surface area contributed by atoms with Crippen LogP contribution in [0.2, 0.25) is 0 Å². The third kappa shape index (κ3) is 5.23. The Balaban J connectivity index is 1.34. The first-order valence-electron chi connectivity index (χ1n) is 11.9. The van der Waals surface area contributed by atoms with Gasteiger partial charge in [-0.3, -0.25) is 9.59 Å². The van der Waals surface area contributed by atoms with Crippen LogP contribution in [-0.4, -0.2) is 33.0 Å². The first-order valence-corrected chi connectivity index (χ1v) is 12.7. The van der Waals surface area contributed by atoms with Crippen molar-refractivity contribution < 1.29 is 14.0 Å². The molecule has 3 aromatic rings. The number of amides is 2. The number of hydrogen-bond donors (Lipinski definition) is 1. The van der Waals surface area contributed by atoms with Crippen LogP contribution in [0.3, 0.4) is 0 Å². The average Bonchev–Trinajstić information content (AvgIpc) is 3.50. The monoisotopic (exact) mass is 500 g/mol. The molecular weight excluding hydrogens is 475 g/mol. The van der Waals surface area contributed by atoms with Gasteiger partial charge in [-0.2, -0.15) is 10.1 Å². The highest BCUT2D eigenvalue weighted by atomic mass is 32.2. The molecule has 0 radical (unpaired) electrons. The van der Waals surface area contributed by atoms with Crippen LogP contribution >= 0.6 is 11.8 Å². The van der Waals surface area contributed by atoms with Crippen LogP contribution in [0.1, 0.15) is 42.5 Å². The summed E-state index contributed by atoms with van der Waals surface area (Å²) in [4.78, 5) is 29.6. The van der Waals surface area contributed by atoms with Crippen LogP contribution in [0, 0.1) is 5.82 Å². The quantitative estimate of drug-likeness (QED) is 0.481. The van der Waals surface area contributed by atoms with E-state index in [0.29, 0.717) is 17.3 Å². The summed E-state index contributed by atoms with van der Waals surface area (Å²) in [6, 6.07) is 23.8. The lowest BCUT2D eigenvalue weighted by atomic mass is 9.97. The summed E-state index contributed by atoms with van der Waals surface area (Å²) in [6.07, 6.45) is 1.60. The Kier molecular flexibility index (Phi) is 6.95. The van der Waals surface area contributed by atoms with E-state index in [1.807, 2.05) is 35.3 Å². The number of aliphatic imine (C=N–C) groups is 1. The molecular formula is C28H25FN4O2S. The minimum atomic E-state index is -0.639. The van der Waals surface area contributed by atoms with E-state index < -0.39 is 5.25 Å². The number of rotatable bonds is 6. The molecule has 8 heteroatoms. The summed E-state index contributed by atoms with van der Waals surface area (Å²) in [5.41, 5.74) is 4.77. The molecule has 0 bridgehead atoms. The first-order chi connectivity index (χ1) is 17.5. The van der Waals surface area contributed by atoms with E-state index in [1.54, 1.807) is 0 Å². The predicted octanol–water partition coefficient (Wildman–Crippen LogP) is 5.57. The van der Waals surface area contributed by atoms with Crippen LogP contribution in [0.15, 0.2) is 89.0 Å². The third-order valence-corrected chi connectivity index (χ3v) is 7.36. The van der Waals surface area contributed by atoms with Crippen LogP contribution in [0.4, 0.5) is 10.1 Å². The van der Waals surface area contributed by atoms with Gasteiger partial charge in [-0.1, -0.05) is 73.3 Å². The molecule has 36 heavy (non-hydrogen) atoms. The summed E-state index contributed by atoms with van der Waals surface area (Å²) in [5, 5.41) is 9.27. The van der Waals surface area contributed by atoms with Gasteiger partial charge in [-0.05, 0) is 47.4 Å². The average molecular weight is 501 g/mol. The molecule has 0 saturated heterocycles. The largest absolute Gasteiger partial charge is 0.326 e. The number of nitrogens with zero attached hydrogens (tertiary/aromatic N) is 3. The number of thioether (sulfide) groups is 1. The standard InChI is InChI=1S/C28H25FN4O2S/c1-2-18-8-10-20(11-9-18)24-16-23(19-6-4-3-5-7-19)32-33(24)28-31-27(35)25(36-28)17-26(34)30-22-14-12-21(29)13-15-22/h3-15,24-25H,2,16-17H2,1H3,(H,30,34)/t24-,25-/m0/s1. The Labute approximate surface area is 213 Å². The number of hydrazone groups is 1. The molecule has 0 aliphatic carbocycles. The van der Waals surface area contributed by atoms with E-state index in [0.717, 1.165) is 23.3 Å². The number of halogens is 1. The zero-order valence-electron chi connectivity index (χ0n) is 19.7. The normalized spacial score (nSPS) is 19.3. The van der Waals surface area contributed by atoms with E-state index in [-0.39, 0.29) is 30.1 Å². The fourth-order valence-electron chi connectivity index (χ4n) is 4.25. The van der Waals surface area contributed by atoms with Crippen molar-refractivity contribution in [2.75, 3.05) is 5.32 Å². The van der Waals surface area contributed by atoms with Crippen LogP contribution in [0.5, 0.6) is 0 Å². The van der Waals surface area contributed by atoms with Crippen molar-refractivity contribution in [2.45, 2.75) is 37.5 Å². The molecule has 0 spiro atoms. The number of anilines is 1. The molecule has 6 nitrogen and oxygen atoms in total. The SMILES string of the molecule is CCc1ccc([C@@H]2CC(c3ccccc3)=NN2C2=NC(=O)[C@H](CC(=O)Nc3ccc(F)cc3)S2)cc1. The van der Waals surface area contributed by atoms with Gasteiger partial charge in [0.25, 0.3) is 5.91 Å². The van der Waals surface area contributed by atoms with Crippen molar-refractivity contribution >= 4 is 40.1 Å². The highest BCUT2D eigenvalue weighted by Crippen LogP contribution is 2.38. The van der Waals surface area contributed by atoms with Crippen LogP contribution in [-0.2, 0) is 16.0 Å². The molecule has 0 aromatic heterocycles. The second-order valence-corrected chi connectivity index (χ2v) is 9.84. The van der Waals surface area contributed by atoms with Gasteiger partial charge >= 0.3 is 0 Å². The van der Waals surface area contributed by atoms with Gasteiger partial charge in [-0.25, -0.2) is 9.40 Å². The van der Waals surface area contributed by atoms with Gasteiger partial charge in [0.2, 0.25) is 5.91 Å². The lowest BCUT2D eigenvalue weighted by molar-refractivity contribution is -0.121. The smallest absolute Gasteiger partial charge is 0.262 e. The van der Waals surface area contributed by atoms with Gasteiger partial charge in [0.15, 0.2) is 5.17 Å². The van der Waals surface area contributed by atoms with Crippen LogP contribution in [0.25, 0.3) is 0 Å². The van der Waals surface area contributed by atoms with Crippen molar-refractivity contribution in [3.05, 3.63) is 101 Å². The second kappa shape index (κ2) is 10.5. The van der Waals surface area contributed by atoms with Crippen molar-refractivity contribution in [2.24, 2.45) is 10.1 Å². The number of carbonyl (C=O) groups excluding carboxylic acids is 2. The molecule has 2 amide bonds. The Morgan fingerprint density at radius 3 is 2.47 bits per heavy atom. The van der Waals surface area contributed by atoms with Crippen molar-refractivity contribution in [3.63, 3.8) is 0 Å². The minimum absolute atomic E-state index is 0.0349. The highest BCUT2D eigenvalue weighted by Gasteiger charge is 2.39. The lowest BCUT2D eigenvalue weighted by Crippen LogP contribution is -2.25. The Hall–Kier alpha value is -3.78. The van der Waals surface area contributed by atoms with Gasteiger partial charge in [0, 0.05) is 18.5 Å². The predicted molar refractivity (Wildman–Crippen MR) is 141 cm³/mol. The van der Waals surface area contributed by atoms with E-state index in [1.165, 1.54) is 41.6 Å². The molecule has 0 unspecified atom stereocenters. The summed E-state index contributed by atoms with van der Waals surface area (Å²) in [7, 11) is 0. The zero-order chi connectivity index (χ0) is 25.1. The first kappa shape index (κ1) is 23.9. The Morgan fingerprint density at radius 1 is 1.06 bits per heavy atom. The van der Waals surface area contributed by atoms with Gasteiger partial charge in [-0.15, -0.1) is 0 Å². The Morgan fingerprint density at radius 2 is 1.78 bits per heavy atom. The van der Waals surface area contributed by atoms with E-state index in [9.17, 15) is 14.0 Å². The van der Waals surface area contributed by atoms with Gasteiger partial charge in [0.05, 0.1) is 11.8 Å². The summed E-state index contributed by atoms with van der Waals surface area (Å²) >= 11 is 1.26. The highest BCUT2D eigenvalue weighted by molar-refractivity contribution is 8.15. The summed E-state index contributed by atoms with van der Waals surface area (Å²) < 4.78 is 13.1. The molecule has 2 aliphatic rings. The van der Waals surface area contributed by atoms with E-state index in [4.69, 9.17) is 5.10 Å². The van der Waals surface area contributed by atoms with E-state index >= 15 is 0 Å². The van der Waals surface area contributed by atoms with Crippen molar-refractivity contribution in [1.82, 2.24) is 5.01 Å². The lowest BCUT2D eigenvalue weighted by Gasteiger charge is -2.23. The Bertz CT molecular complexity index is 1320. The second-order valence-electron chi connectivity index (χ2n) is 8.67. The summed E-state index contributed by atoms with van der Waals surface area (Å²) in [5.74, 6) is -1.06. The topological polar surface area (TPSA) is 74.1 Å². The number of benzene rings is 3. The number of aryl methyl sites for hydroxylation is 1. The molecule has 2 aliphatic heterocycles. The molecule has 2 heterocycles. The fourth-order valence-corrected chi connectivity index (χ4v) is 5.31. The van der Waals surface area contributed by atoms with Gasteiger partial charge in [0.1, 0.15) is 11.1 Å². The fraction of sp³-hybridized carbons (Fsp3) is 0.214. The zero-order valence-corrected chi connectivity index (χ0v) is 20.5. The van der Waals surface area contributed by atoms with Crippen molar-refractivity contribution in [1.29, 1.82) is 0 Å². The molecule has 1 N–H and O–H groups in total. The van der Waals surface area contributed by atoms with Crippen molar-refractivity contribution in [3.8, 4) is 0 Å². The maximum Gasteiger partial charge on any atom is 0.262 e. The molecule has 0 fully saturated rings. The van der Waals surface area contributed by atoms with Gasteiger partial charge < -0.3 is 5.32 Å². The maximum absolute atomic E-state index is 13.1. The number of hydrogen-bond acceptors (Lipinski definition) is 5. The van der Waals surface area contributed by atoms with Crippen LogP contribution < -0.4 is 5.32 Å².